The van der Waals surface area contributed by atoms with Crippen molar-refractivity contribution in [2.24, 2.45) is 0 Å². The van der Waals surface area contributed by atoms with Crippen molar-refractivity contribution >= 4 is 24.2 Å². The van der Waals surface area contributed by atoms with Gasteiger partial charge in [-0.15, -0.1) is 12.6 Å². The summed E-state index contributed by atoms with van der Waals surface area (Å²) in [5.41, 5.74) is 2.88. The van der Waals surface area contributed by atoms with Crippen molar-refractivity contribution in [2.75, 3.05) is 0 Å². The summed E-state index contributed by atoms with van der Waals surface area (Å²) in [7, 11) is 0. The number of carbonyl (C=O) groups is 1. The minimum absolute atomic E-state index is 0.122. The van der Waals surface area contributed by atoms with Gasteiger partial charge < -0.3 is 10.6 Å². The molecule has 1 unspecified atom stereocenters. The van der Waals surface area contributed by atoms with E-state index in [0.717, 1.165) is 11.3 Å². The minimum atomic E-state index is -0.334. The van der Waals surface area contributed by atoms with Crippen molar-refractivity contribution in [3.05, 3.63) is 41.5 Å². The molecule has 4 heteroatoms. The lowest BCUT2D eigenvalue weighted by Gasteiger charge is -2.24. The molecule has 0 radical (unpaired) electrons. The van der Waals surface area contributed by atoms with Crippen molar-refractivity contribution in [2.45, 2.75) is 31.7 Å². The summed E-state index contributed by atoms with van der Waals surface area (Å²) in [6.45, 7) is 6.53. The average Bonchev–Trinajstić information content (AvgIpc) is 2.27. The molecule has 0 saturated heterocycles. The molecule has 0 saturated carbocycles. The molecule has 0 spiro atoms. The normalized spacial score (nSPS) is 19.9. The number of nitrogens with one attached hydrogen (secondary N) is 2. The summed E-state index contributed by atoms with van der Waals surface area (Å²) in [6, 6.07) is 8.24. The molecule has 2 N–H and O–H groups in total. The summed E-state index contributed by atoms with van der Waals surface area (Å²) in [4.78, 5) is 11.4. The molecular formula is C14H18N2OS. The number of hydrogen-bond donors (Lipinski definition) is 3. The van der Waals surface area contributed by atoms with Crippen molar-refractivity contribution in [3.63, 3.8) is 0 Å². The smallest absolute Gasteiger partial charge is 0.248 e. The molecule has 0 fully saturated rings. The highest BCUT2D eigenvalue weighted by Gasteiger charge is 2.17. The Morgan fingerprint density at radius 1 is 1.11 bits per heavy atom. The van der Waals surface area contributed by atoms with E-state index in [1.807, 2.05) is 12.1 Å². The largest absolute Gasteiger partial charge is 0.356 e. The van der Waals surface area contributed by atoms with Crippen LogP contribution >= 0.6 is 12.6 Å². The maximum Gasteiger partial charge on any atom is 0.248 e. The summed E-state index contributed by atoms with van der Waals surface area (Å²) >= 11 is 4.21. The predicted molar refractivity (Wildman–Crippen MR) is 77.2 cm³/mol. The van der Waals surface area contributed by atoms with Gasteiger partial charge in [0.05, 0.1) is 0 Å². The van der Waals surface area contributed by atoms with Gasteiger partial charge in [0, 0.05) is 11.8 Å². The van der Waals surface area contributed by atoms with E-state index in [9.17, 15) is 4.79 Å². The first-order chi connectivity index (χ1) is 8.36. The molecule has 2 rings (SSSR count). The Labute approximate surface area is 113 Å². The van der Waals surface area contributed by atoms with Gasteiger partial charge in [-0.05, 0) is 16.5 Å². The molecule has 1 aliphatic heterocycles. The lowest BCUT2D eigenvalue weighted by Crippen LogP contribution is -2.44. The highest BCUT2D eigenvalue weighted by molar-refractivity contribution is 7.80. The van der Waals surface area contributed by atoms with Crippen LogP contribution in [0.3, 0.4) is 0 Å². The standard InChI is InChI=1S/C14H18N2OS/c1-14(2,3)10-6-4-9(5-7-10)11-8-12(17)16-13(18)15-11/h4-8,13,15,18H,1-3H3,(H,16,17). The van der Waals surface area contributed by atoms with E-state index in [1.54, 1.807) is 6.08 Å². The Balaban J connectivity index is 2.27. The quantitative estimate of drug-likeness (QED) is 0.680. The fourth-order valence-corrected chi connectivity index (χ4v) is 2.12. The van der Waals surface area contributed by atoms with Gasteiger partial charge in [0.1, 0.15) is 5.50 Å². The first-order valence-electron chi connectivity index (χ1n) is 5.94. The fraction of sp³-hybridized carbons (Fsp3) is 0.357. The van der Waals surface area contributed by atoms with Crippen molar-refractivity contribution in [3.8, 4) is 0 Å². The molecule has 1 aromatic carbocycles. The molecule has 1 amide bonds. The third-order valence-electron chi connectivity index (χ3n) is 2.91. The second kappa shape index (κ2) is 4.69. The van der Waals surface area contributed by atoms with E-state index in [4.69, 9.17) is 0 Å². The van der Waals surface area contributed by atoms with Gasteiger partial charge in [-0.3, -0.25) is 4.79 Å². The van der Waals surface area contributed by atoms with Gasteiger partial charge in [-0.25, -0.2) is 0 Å². The van der Waals surface area contributed by atoms with Gasteiger partial charge >= 0.3 is 0 Å². The van der Waals surface area contributed by atoms with Crippen LogP contribution in [-0.2, 0) is 10.2 Å². The zero-order chi connectivity index (χ0) is 13.3. The van der Waals surface area contributed by atoms with Crippen molar-refractivity contribution in [1.29, 1.82) is 0 Å². The number of carbonyl (C=O) groups excluding carboxylic acids is 1. The number of rotatable bonds is 1. The second-order valence-electron chi connectivity index (χ2n) is 5.44. The first kappa shape index (κ1) is 13.0. The molecule has 96 valence electrons. The van der Waals surface area contributed by atoms with Gasteiger partial charge in [0.15, 0.2) is 0 Å². The summed E-state index contributed by atoms with van der Waals surface area (Å²) in [5.74, 6) is -0.122. The van der Waals surface area contributed by atoms with Crippen LogP contribution in [0.1, 0.15) is 31.9 Å². The van der Waals surface area contributed by atoms with E-state index >= 15 is 0 Å². The molecule has 1 heterocycles. The van der Waals surface area contributed by atoms with Crippen LogP contribution in [0.4, 0.5) is 0 Å². The first-order valence-corrected chi connectivity index (χ1v) is 6.45. The summed E-state index contributed by atoms with van der Waals surface area (Å²) in [6.07, 6.45) is 1.55. The number of amides is 1. The van der Waals surface area contributed by atoms with Gasteiger partial charge in [0.25, 0.3) is 0 Å². The number of benzene rings is 1. The number of thiol groups is 1. The molecule has 1 aromatic rings. The van der Waals surface area contributed by atoms with Gasteiger partial charge in [0.2, 0.25) is 5.91 Å². The molecule has 1 aliphatic rings. The van der Waals surface area contributed by atoms with E-state index < -0.39 is 0 Å². The Kier molecular flexibility index (Phi) is 3.39. The maximum absolute atomic E-state index is 11.4. The molecule has 3 nitrogen and oxygen atoms in total. The SMILES string of the molecule is CC(C)(C)c1ccc(C2=CC(=O)NC(S)N2)cc1. The number of hydrogen-bond acceptors (Lipinski definition) is 3. The van der Waals surface area contributed by atoms with E-state index in [0.29, 0.717) is 0 Å². The predicted octanol–water partition coefficient (Wildman–Crippen LogP) is 2.26. The van der Waals surface area contributed by atoms with Crippen LogP contribution < -0.4 is 10.6 Å². The average molecular weight is 262 g/mol. The Morgan fingerprint density at radius 2 is 1.72 bits per heavy atom. The fourth-order valence-electron chi connectivity index (χ4n) is 1.85. The van der Waals surface area contributed by atoms with Gasteiger partial charge in [-0.1, -0.05) is 45.0 Å². The van der Waals surface area contributed by atoms with E-state index in [2.05, 4.69) is 56.2 Å². The summed E-state index contributed by atoms with van der Waals surface area (Å²) in [5, 5.41) is 5.77. The topological polar surface area (TPSA) is 41.1 Å². The maximum atomic E-state index is 11.4. The van der Waals surface area contributed by atoms with Crippen molar-refractivity contribution < 1.29 is 4.79 Å². The molecule has 1 atom stereocenters. The highest BCUT2D eigenvalue weighted by Crippen LogP contribution is 2.24. The minimum Gasteiger partial charge on any atom is -0.356 e. The molecule has 0 bridgehead atoms. The third kappa shape index (κ3) is 2.88. The van der Waals surface area contributed by atoms with Gasteiger partial charge in [-0.2, -0.15) is 0 Å². The Hall–Kier alpha value is -1.42. The van der Waals surface area contributed by atoms with Crippen LogP contribution in [-0.4, -0.2) is 11.4 Å². The lowest BCUT2D eigenvalue weighted by atomic mass is 9.86. The van der Waals surface area contributed by atoms with Crippen LogP contribution in [0.25, 0.3) is 5.70 Å². The Morgan fingerprint density at radius 3 is 2.22 bits per heavy atom. The Bertz CT molecular complexity index is 486. The zero-order valence-electron chi connectivity index (χ0n) is 10.8. The zero-order valence-corrected chi connectivity index (χ0v) is 11.7. The molecule has 18 heavy (non-hydrogen) atoms. The molecule has 0 aliphatic carbocycles. The van der Waals surface area contributed by atoms with E-state index in [-0.39, 0.29) is 16.8 Å². The summed E-state index contributed by atoms with van der Waals surface area (Å²) < 4.78 is 0. The third-order valence-corrected chi connectivity index (χ3v) is 3.17. The highest BCUT2D eigenvalue weighted by atomic mass is 32.1. The van der Waals surface area contributed by atoms with Crippen LogP contribution in [0.2, 0.25) is 0 Å². The molecule has 0 aromatic heterocycles. The lowest BCUT2D eigenvalue weighted by molar-refractivity contribution is -0.117. The monoisotopic (exact) mass is 262 g/mol. The van der Waals surface area contributed by atoms with Crippen molar-refractivity contribution in [1.82, 2.24) is 10.6 Å². The van der Waals surface area contributed by atoms with Crippen LogP contribution in [0, 0.1) is 0 Å². The second-order valence-corrected chi connectivity index (χ2v) is 5.96. The van der Waals surface area contributed by atoms with E-state index in [1.165, 1.54) is 5.56 Å². The van der Waals surface area contributed by atoms with Crippen LogP contribution in [0.5, 0.6) is 0 Å². The molecular weight excluding hydrogens is 244 g/mol. The van der Waals surface area contributed by atoms with Crippen LogP contribution in [0.15, 0.2) is 30.3 Å².